The second-order valence-electron chi connectivity index (χ2n) is 7.15. The molecule has 1 fully saturated rings. The number of piperidine rings is 1. The van der Waals surface area contributed by atoms with Gasteiger partial charge in [-0.2, -0.15) is 9.40 Å². The Hall–Kier alpha value is -2.27. The molecule has 0 radical (unpaired) electrons. The predicted octanol–water partition coefficient (Wildman–Crippen LogP) is 0.452. The average Bonchev–Trinajstić information content (AvgIpc) is 3.26. The summed E-state index contributed by atoms with van der Waals surface area (Å²) in [6.45, 7) is 3.74. The van der Waals surface area contributed by atoms with E-state index in [0.717, 1.165) is 25.0 Å². The molecule has 1 atom stereocenters. The van der Waals surface area contributed by atoms with Crippen molar-refractivity contribution in [2.45, 2.75) is 45.3 Å². The lowest BCUT2D eigenvalue weighted by molar-refractivity contribution is 0.0704. The first-order valence-corrected chi connectivity index (χ1v) is 10.9. The van der Waals surface area contributed by atoms with Gasteiger partial charge in [-0.3, -0.25) is 9.89 Å². The van der Waals surface area contributed by atoms with Crippen molar-refractivity contribution >= 4 is 15.9 Å². The Morgan fingerprint density at radius 1 is 1.22 bits per heavy atom. The van der Waals surface area contributed by atoms with Crippen LogP contribution < -0.4 is 0 Å². The molecular formula is C16H23N7O3S. The summed E-state index contributed by atoms with van der Waals surface area (Å²) in [5.41, 5.74) is 1.29. The van der Waals surface area contributed by atoms with Crippen molar-refractivity contribution < 1.29 is 13.2 Å². The molecule has 27 heavy (non-hydrogen) atoms. The molecule has 4 heterocycles. The van der Waals surface area contributed by atoms with Gasteiger partial charge in [0.05, 0.1) is 30.6 Å². The zero-order valence-electron chi connectivity index (χ0n) is 15.4. The van der Waals surface area contributed by atoms with E-state index in [4.69, 9.17) is 0 Å². The van der Waals surface area contributed by atoms with E-state index in [1.54, 1.807) is 4.90 Å². The van der Waals surface area contributed by atoms with Gasteiger partial charge in [-0.25, -0.2) is 8.42 Å². The molecule has 2 aromatic heterocycles. The molecule has 2 aliphatic rings. The van der Waals surface area contributed by atoms with Crippen LogP contribution in [0, 0.1) is 6.92 Å². The molecule has 2 aliphatic heterocycles. The Morgan fingerprint density at radius 2 is 2.04 bits per heavy atom. The minimum absolute atomic E-state index is 0.0903. The van der Waals surface area contributed by atoms with E-state index in [9.17, 15) is 13.2 Å². The number of carbonyl (C=O) groups is 1. The molecule has 10 nitrogen and oxygen atoms in total. The van der Waals surface area contributed by atoms with Crippen LogP contribution in [0.5, 0.6) is 0 Å². The van der Waals surface area contributed by atoms with Crippen molar-refractivity contribution in [3.05, 3.63) is 29.1 Å². The maximum Gasteiger partial charge on any atom is 0.257 e. The van der Waals surface area contributed by atoms with Crippen molar-refractivity contribution in [2.75, 3.05) is 19.3 Å². The monoisotopic (exact) mass is 393 g/mol. The van der Waals surface area contributed by atoms with Gasteiger partial charge in [-0.1, -0.05) is 6.42 Å². The summed E-state index contributed by atoms with van der Waals surface area (Å²) >= 11 is 0. The number of aryl methyl sites for hydroxylation is 1. The van der Waals surface area contributed by atoms with E-state index in [1.165, 1.54) is 16.8 Å². The van der Waals surface area contributed by atoms with E-state index >= 15 is 0 Å². The summed E-state index contributed by atoms with van der Waals surface area (Å²) in [5.74, 6) is 1.28. The van der Waals surface area contributed by atoms with Crippen LogP contribution in [0.25, 0.3) is 0 Å². The van der Waals surface area contributed by atoms with Gasteiger partial charge in [0.25, 0.3) is 5.91 Å². The number of amides is 1. The third-order valence-electron chi connectivity index (χ3n) is 5.31. The lowest BCUT2D eigenvalue weighted by Gasteiger charge is -2.34. The van der Waals surface area contributed by atoms with Crippen molar-refractivity contribution in [1.82, 2.24) is 34.2 Å². The first-order chi connectivity index (χ1) is 12.9. The molecular weight excluding hydrogens is 370 g/mol. The molecule has 1 N–H and O–H groups in total. The Labute approximate surface area is 157 Å². The Balaban J connectivity index is 1.58. The van der Waals surface area contributed by atoms with Gasteiger partial charge in [-0.05, 0) is 19.8 Å². The van der Waals surface area contributed by atoms with Gasteiger partial charge in [-0.15, -0.1) is 10.2 Å². The predicted molar refractivity (Wildman–Crippen MR) is 96.2 cm³/mol. The maximum atomic E-state index is 12.7. The molecule has 0 saturated carbocycles. The van der Waals surface area contributed by atoms with E-state index < -0.39 is 10.0 Å². The number of H-pyrrole nitrogens is 1. The lowest BCUT2D eigenvalue weighted by Crippen LogP contribution is -2.42. The number of aromatic nitrogens is 5. The Kier molecular flexibility index (Phi) is 4.50. The summed E-state index contributed by atoms with van der Waals surface area (Å²) in [6, 6.07) is -0.284. The third kappa shape index (κ3) is 3.25. The highest BCUT2D eigenvalue weighted by Gasteiger charge is 2.36. The third-order valence-corrected chi connectivity index (χ3v) is 6.60. The summed E-state index contributed by atoms with van der Waals surface area (Å²) < 4.78 is 27.8. The zero-order chi connectivity index (χ0) is 19.2. The SMILES string of the molecule is Cc1[nH]ncc1C(=O)N1CCn2c(nnc2C2CCCCN2S(C)(=O)=O)C1. The van der Waals surface area contributed by atoms with Crippen LogP contribution in [0.3, 0.4) is 0 Å². The fraction of sp³-hybridized carbons (Fsp3) is 0.625. The topological polar surface area (TPSA) is 117 Å². The molecule has 4 rings (SSSR count). The van der Waals surface area contributed by atoms with Crippen molar-refractivity contribution in [2.24, 2.45) is 0 Å². The molecule has 1 unspecified atom stereocenters. The first kappa shape index (κ1) is 18.1. The van der Waals surface area contributed by atoms with Gasteiger partial charge in [0.1, 0.15) is 0 Å². The van der Waals surface area contributed by atoms with Gasteiger partial charge in [0, 0.05) is 25.3 Å². The molecule has 0 aliphatic carbocycles. The van der Waals surface area contributed by atoms with Crippen LogP contribution in [-0.4, -0.2) is 67.8 Å². The highest BCUT2D eigenvalue weighted by Crippen LogP contribution is 2.33. The van der Waals surface area contributed by atoms with E-state index in [2.05, 4.69) is 20.4 Å². The van der Waals surface area contributed by atoms with Gasteiger partial charge >= 0.3 is 0 Å². The number of nitrogens with zero attached hydrogens (tertiary/aromatic N) is 6. The molecule has 2 aromatic rings. The number of sulfonamides is 1. The normalized spacial score (nSPS) is 21.3. The number of nitrogens with one attached hydrogen (secondary N) is 1. The fourth-order valence-corrected chi connectivity index (χ4v) is 5.02. The highest BCUT2D eigenvalue weighted by atomic mass is 32.2. The largest absolute Gasteiger partial charge is 0.329 e. The summed E-state index contributed by atoms with van der Waals surface area (Å²) in [4.78, 5) is 14.4. The minimum Gasteiger partial charge on any atom is -0.329 e. The second-order valence-corrected chi connectivity index (χ2v) is 9.08. The number of fused-ring (bicyclic) bond motifs is 1. The van der Waals surface area contributed by atoms with Crippen LogP contribution in [0.4, 0.5) is 0 Å². The van der Waals surface area contributed by atoms with Crippen molar-refractivity contribution in [3.63, 3.8) is 0 Å². The fourth-order valence-electron chi connectivity index (χ4n) is 3.90. The van der Waals surface area contributed by atoms with Crippen LogP contribution >= 0.6 is 0 Å². The number of aromatic amines is 1. The minimum atomic E-state index is -3.31. The van der Waals surface area contributed by atoms with E-state index in [-0.39, 0.29) is 11.9 Å². The van der Waals surface area contributed by atoms with Gasteiger partial charge < -0.3 is 9.47 Å². The number of hydrogen-bond acceptors (Lipinski definition) is 6. The van der Waals surface area contributed by atoms with E-state index in [1.807, 2.05) is 11.5 Å². The summed E-state index contributed by atoms with van der Waals surface area (Å²) in [6.07, 6.45) is 5.34. The smallest absolute Gasteiger partial charge is 0.257 e. The average molecular weight is 393 g/mol. The molecule has 146 valence electrons. The van der Waals surface area contributed by atoms with Crippen molar-refractivity contribution in [3.8, 4) is 0 Å². The molecule has 0 spiro atoms. The molecule has 0 aromatic carbocycles. The maximum absolute atomic E-state index is 12.7. The number of carbonyl (C=O) groups excluding carboxylic acids is 1. The lowest BCUT2D eigenvalue weighted by atomic mass is 10.0. The van der Waals surface area contributed by atoms with Crippen LogP contribution in [0.2, 0.25) is 0 Å². The molecule has 1 amide bonds. The quantitative estimate of drug-likeness (QED) is 0.809. The number of rotatable bonds is 3. The molecule has 11 heteroatoms. The molecule has 1 saturated heterocycles. The number of hydrogen-bond donors (Lipinski definition) is 1. The van der Waals surface area contributed by atoms with Gasteiger partial charge in [0.2, 0.25) is 10.0 Å². The van der Waals surface area contributed by atoms with Crippen LogP contribution in [0.15, 0.2) is 6.20 Å². The standard InChI is InChI=1S/C16H23N7O3S/c1-11-12(9-17-18-11)16(24)21-7-8-22-14(10-21)19-20-15(22)13-5-3-4-6-23(13)27(2,25)26/h9,13H,3-8,10H2,1-2H3,(H,17,18). The zero-order valence-corrected chi connectivity index (χ0v) is 16.2. The molecule has 0 bridgehead atoms. The van der Waals surface area contributed by atoms with Gasteiger partial charge in [0.15, 0.2) is 11.6 Å². The Bertz CT molecular complexity index is 965. The Morgan fingerprint density at radius 3 is 2.74 bits per heavy atom. The second kappa shape index (κ2) is 6.71. The summed E-state index contributed by atoms with van der Waals surface area (Å²) in [5, 5.41) is 15.3. The van der Waals surface area contributed by atoms with E-state index in [0.29, 0.717) is 43.4 Å². The van der Waals surface area contributed by atoms with Crippen molar-refractivity contribution in [1.29, 1.82) is 0 Å². The van der Waals surface area contributed by atoms with Crippen LogP contribution in [-0.2, 0) is 23.1 Å². The van der Waals surface area contributed by atoms with Crippen LogP contribution in [0.1, 0.15) is 53.0 Å². The summed E-state index contributed by atoms with van der Waals surface area (Å²) in [7, 11) is -3.31. The highest BCUT2D eigenvalue weighted by molar-refractivity contribution is 7.88. The first-order valence-electron chi connectivity index (χ1n) is 9.04.